The highest BCUT2D eigenvalue weighted by atomic mass is 16.4. The Morgan fingerprint density at radius 1 is 0.912 bits per heavy atom. The van der Waals surface area contributed by atoms with Crippen molar-refractivity contribution >= 4 is 11.8 Å². The number of aliphatic hydroxyl groups excluding tert-OH is 1. The molecule has 5 rings (SSSR count). The summed E-state index contributed by atoms with van der Waals surface area (Å²) < 4.78 is 0. The minimum Gasteiger partial charge on any atom is -0.481 e. The zero-order valence-corrected chi connectivity index (χ0v) is 22.5. The molecule has 4 saturated carbocycles. The lowest BCUT2D eigenvalue weighted by Crippen LogP contribution is -2.65. The van der Waals surface area contributed by atoms with Crippen LogP contribution in [-0.2, 0) is 9.59 Å². The number of rotatable bonds is 1. The summed E-state index contributed by atoms with van der Waals surface area (Å²) >= 11 is 0. The van der Waals surface area contributed by atoms with Crippen LogP contribution in [0.5, 0.6) is 0 Å². The summed E-state index contributed by atoms with van der Waals surface area (Å²) in [4.78, 5) is 25.2. The third kappa shape index (κ3) is 2.75. The molecule has 34 heavy (non-hydrogen) atoms. The number of allylic oxidation sites excluding steroid dienone is 2. The van der Waals surface area contributed by atoms with Gasteiger partial charge in [0.2, 0.25) is 0 Å². The SMILES string of the molecule is CC1(C)C(=O)CC[C@@]2(C)[C@@H]1CC[C@]1(C)[C@@H]2CC=C2[C@@H]3C[C@](C)(C(=O)O)C[C@H](O)[C@]3(C)CC[C@]21C. The van der Waals surface area contributed by atoms with E-state index in [1.54, 1.807) is 0 Å². The summed E-state index contributed by atoms with van der Waals surface area (Å²) in [6.07, 6.45) is 9.84. The lowest BCUT2D eigenvalue weighted by Gasteiger charge is -2.71. The molecular weight excluding hydrogens is 424 g/mol. The first-order valence-corrected chi connectivity index (χ1v) is 13.7. The van der Waals surface area contributed by atoms with Gasteiger partial charge in [0.25, 0.3) is 0 Å². The molecule has 5 aliphatic rings. The molecule has 0 radical (unpaired) electrons. The Hall–Kier alpha value is -1.16. The van der Waals surface area contributed by atoms with Crippen molar-refractivity contribution in [1.82, 2.24) is 0 Å². The molecule has 9 atom stereocenters. The summed E-state index contributed by atoms with van der Waals surface area (Å²) in [5.41, 5.74) is 0.360. The second-order valence-electron chi connectivity index (χ2n) is 14.8. The lowest BCUT2D eigenvalue weighted by molar-refractivity contribution is -0.193. The molecule has 0 bridgehead atoms. The number of carboxylic acids is 1. The third-order valence-electron chi connectivity index (χ3n) is 13.2. The van der Waals surface area contributed by atoms with Crippen LogP contribution in [0.4, 0.5) is 0 Å². The van der Waals surface area contributed by atoms with Gasteiger partial charge in [0.1, 0.15) is 5.78 Å². The van der Waals surface area contributed by atoms with Crippen LogP contribution < -0.4 is 0 Å². The van der Waals surface area contributed by atoms with Gasteiger partial charge in [-0.1, -0.05) is 53.2 Å². The molecule has 0 heterocycles. The molecule has 4 nitrogen and oxygen atoms in total. The van der Waals surface area contributed by atoms with E-state index in [9.17, 15) is 19.8 Å². The van der Waals surface area contributed by atoms with Crippen molar-refractivity contribution in [2.45, 2.75) is 112 Å². The lowest BCUT2D eigenvalue weighted by atomic mass is 9.33. The molecule has 0 aliphatic heterocycles. The average molecular weight is 471 g/mol. The van der Waals surface area contributed by atoms with Gasteiger partial charge in [0, 0.05) is 17.3 Å². The predicted octanol–water partition coefficient (Wildman–Crippen LogP) is 6.41. The van der Waals surface area contributed by atoms with Crippen LogP contribution in [0.1, 0.15) is 106 Å². The van der Waals surface area contributed by atoms with Crippen molar-refractivity contribution in [2.24, 2.45) is 50.2 Å². The van der Waals surface area contributed by atoms with Gasteiger partial charge >= 0.3 is 5.97 Å². The highest BCUT2D eigenvalue weighted by Gasteiger charge is 2.69. The molecule has 4 fully saturated rings. The van der Waals surface area contributed by atoms with Gasteiger partial charge in [-0.2, -0.15) is 0 Å². The Kier molecular flexibility index (Phi) is 5.04. The van der Waals surface area contributed by atoms with Crippen LogP contribution in [0.15, 0.2) is 11.6 Å². The Balaban J connectivity index is 1.59. The number of Topliss-reactive ketones (excluding diaryl/α,β-unsaturated/α-hetero) is 1. The van der Waals surface area contributed by atoms with Gasteiger partial charge in [0.15, 0.2) is 0 Å². The van der Waals surface area contributed by atoms with Gasteiger partial charge in [0.05, 0.1) is 11.5 Å². The van der Waals surface area contributed by atoms with E-state index in [-0.39, 0.29) is 33.0 Å². The summed E-state index contributed by atoms with van der Waals surface area (Å²) in [6.45, 7) is 15.9. The molecular formula is C30H46O4. The number of fused-ring (bicyclic) bond motifs is 7. The molecule has 2 N–H and O–H groups in total. The molecule has 4 heteroatoms. The van der Waals surface area contributed by atoms with Gasteiger partial charge < -0.3 is 10.2 Å². The standard InChI is InChI=1S/C30H46O4/c1-25(2)20-10-13-30(7)21(28(20,5)12-11-22(25)31)9-8-18-19-16-26(3,24(33)34)17-23(32)27(19,4)14-15-29(18,30)6/h8,19-21,23,32H,9-17H2,1-7H3,(H,33,34)/t19-,20+,21+,23-,26-,27+,28-,29+,30+/m0/s1. The summed E-state index contributed by atoms with van der Waals surface area (Å²) in [5.74, 6) is 0.740. The first-order chi connectivity index (χ1) is 15.6. The second kappa shape index (κ2) is 6.99. The monoisotopic (exact) mass is 470 g/mol. The molecule has 0 aromatic carbocycles. The van der Waals surface area contributed by atoms with E-state index in [4.69, 9.17) is 0 Å². The maximum Gasteiger partial charge on any atom is 0.309 e. The number of aliphatic carboxylic acids is 1. The van der Waals surface area contributed by atoms with Crippen molar-refractivity contribution in [2.75, 3.05) is 0 Å². The van der Waals surface area contributed by atoms with Crippen molar-refractivity contribution in [1.29, 1.82) is 0 Å². The predicted molar refractivity (Wildman–Crippen MR) is 133 cm³/mol. The van der Waals surface area contributed by atoms with E-state index in [1.807, 2.05) is 6.92 Å². The fraction of sp³-hybridized carbons (Fsp3) is 0.867. The maximum absolute atomic E-state index is 12.9. The topological polar surface area (TPSA) is 74.6 Å². The number of carbonyl (C=O) groups is 2. The van der Waals surface area contributed by atoms with Gasteiger partial charge in [-0.15, -0.1) is 0 Å². The number of hydrogen-bond donors (Lipinski definition) is 2. The minimum absolute atomic E-state index is 0.0101. The summed E-state index contributed by atoms with van der Waals surface area (Å²) in [5, 5.41) is 21.3. The van der Waals surface area contributed by atoms with Crippen molar-refractivity contribution in [3.05, 3.63) is 11.6 Å². The van der Waals surface area contributed by atoms with E-state index < -0.39 is 17.5 Å². The molecule has 0 unspecified atom stereocenters. The Bertz CT molecular complexity index is 965. The largest absolute Gasteiger partial charge is 0.481 e. The number of ketones is 1. The first kappa shape index (κ1) is 24.5. The first-order valence-electron chi connectivity index (χ1n) is 13.7. The number of carboxylic acid groups (broad SMARTS) is 1. The zero-order valence-electron chi connectivity index (χ0n) is 22.5. The van der Waals surface area contributed by atoms with Crippen molar-refractivity contribution in [3.63, 3.8) is 0 Å². The van der Waals surface area contributed by atoms with Crippen LogP contribution in [0, 0.1) is 50.2 Å². The van der Waals surface area contributed by atoms with Crippen LogP contribution in [0.2, 0.25) is 0 Å². The highest BCUT2D eigenvalue weighted by Crippen LogP contribution is 2.75. The fourth-order valence-electron chi connectivity index (χ4n) is 10.5. The van der Waals surface area contributed by atoms with Crippen LogP contribution in [0.3, 0.4) is 0 Å². The van der Waals surface area contributed by atoms with Gasteiger partial charge in [-0.25, -0.2) is 0 Å². The highest BCUT2D eigenvalue weighted by molar-refractivity contribution is 5.85. The van der Waals surface area contributed by atoms with E-state index in [0.717, 1.165) is 38.5 Å². The van der Waals surface area contributed by atoms with E-state index in [0.29, 0.717) is 36.9 Å². The van der Waals surface area contributed by atoms with Crippen molar-refractivity contribution in [3.8, 4) is 0 Å². The molecule has 0 aromatic rings. The minimum atomic E-state index is -0.877. The normalized spacial score (nSPS) is 54.1. The molecule has 0 aromatic heterocycles. The van der Waals surface area contributed by atoms with Crippen LogP contribution in [-0.4, -0.2) is 28.1 Å². The maximum atomic E-state index is 12.9. The molecule has 0 saturated heterocycles. The van der Waals surface area contributed by atoms with Gasteiger partial charge in [-0.3, -0.25) is 9.59 Å². The quantitative estimate of drug-likeness (QED) is 0.434. The Morgan fingerprint density at radius 3 is 2.24 bits per heavy atom. The Morgan fingerprint density at radius 2 is 1.59 bits per heavy atom. The summed E-state index contributed by atoms with van der Waals surface area (Å²) in [6, 6.07) is 0. The smallest absolute Gasteiger partial charge is 0.309 e. The van der Waals surface area contributed by atoms with E-state index in [2.05, 4.69) is 47.6 Å². The van der Waals surface area contributed by atoms with Crippen LogP contribution in [0.25, 0.3) is 0 Å². The third-order valence-corrected chi connectivity index (χ3v) is 13.2. The molecule has 190 valence electrons. The number of aliphatic hydroxyl groups is 1. The van der Waals surface area contributed by atoms with Crippen LogP contribution >= 0.6 is 0 Å². The summed E-state index contributed by atoms with van der Waals surface area (Å²) in [7, 11) is 0. The zero-order chi connectivity index (χ0) is 25.1. The van der Waals surface area contributed by atoms with E-state index >= 15 is 0 Å². The Labute approximate surface area is 206 Å². The fourth-order valence-corrected chi connectivity index (χ4v) is 10.5. The van der Waals surface area contributed by atoms with Gasteiger partial charge in [-0.05, 0) is 92.3 Å². The molecule has 0 spiro atoms. The molecule has 5 aliphatic carbocycles. The number of carbonyl (C=O) groups excluding carboxylic acids is 1. The van der Waals surface area contributed by atoms with Crippen molar-refractivity contribution < 1.29 is 19.8 Å². The van der Waals surface area contributed by atoms with E-state index in [1.165, 1.54) is 5.57 Å². The average Bonchev–Trinajstić information content (AvgIpc) is 2.73. The molecule has 0 amide bonds. The number of hydrogen-bond acceptors (Lipinski definition) is 3. The second-order valence-corrected chi connectivity index (χ2v) is 14.8.